The number of ether oxygens (including phenoxy) is 2. The Morgan fingerprint density at radius 2 is 1.88 bits per heavy atom. The van der Waals surface area contributed by atoms with E-state index in [1.807, 2.05) is 60.5 Å². The molecule has 0 radical (unpaired) electrons. The molecule has 0 aliphatic heterocycles. The maximum absolute atomic E-state index is 10.1. The third kappa shape index (κ3) is 6.49. The van der Waals surface area contributed by atoms with Crippen LogP contribution < -0.4 is 4.74 Å². The molecule has 130 valence electrons. The Hall–Kier alpha value is -1.59. The molecule has 2 rings (SSSR count). The van der Waals surface area contributed by atoms with Crippen LogP contribution in [0.15, 0.2) is 48.5 Å². The minimum Gasteiger partial charge on any atom is -0.497 e. The fourth-order valence-electron chi connectivity index (χ4n) is 2.50. The molecule has 5 heteroatoms. The number of benzene rings is 2. The van der Waals surface area contributed by atoms with Crippen molar-refractivity contribution in [3.05, 3.63) is 64.7 Å². The fraction of sp³-hybridized carbons (Fsp3) is 0.368. The van der Waals surface area contributed by atoms with Gasteiger partial charge in [-0.2, -0.15) is 0 Å². The first-order valence-corrected chi connectivity index (χ1v) is 8.26. The Bertz CT molecular complexity index is 636. The predicted octanol–water partition coefficient (Wildman–Crippen LogP) is 3.36. The average Bonchev–Trinajstić information content (AvgIpc) is 2.55. The lowest BCUT2D eigenvalue weighted by molar-refractivity contribution is 0.0127. The molecule has 0 spiro atoms. The van der Waals surface area contributed by atoms with E-state index in [1.54, 1.807) is 7.11 Å². The molecule has 2 aromatic carbocycles. The standard InChI is InChI=1S/C19H24ClNO3/c1-21(11-15-5-3-7-17(20)9-15)12-18(22)14-24-13-16-6-4-8-19(10-16)23-2/h3-10,18,22H,11-14H2,1-2H3. The maximum Gasteiger partial charge on any atom is 0.119 e. The highest BCUT2D eigenvalue weighted by Gasteiger charge is 2.09. The zero-order valence-corrected chi connectivity index (χ0v) is 14.9. The molecule has 0 aliphatic carbocycles. The van der Waals surface area contributed by atoms with Gasteiger partial charge in [0, 0.05) is 18.1 Å². The van der Waals surface area contributed by atoms with Gasteiger partial charge in [0.1, 0.15) is 5.75 Å². The number of hydrogen-bond acceptors (Lipinski definition) is 4. The molecule has 0 bridgehead atoms. The van der Waals surface area contributed by atoms with Gasteiger partial charge < -0.3 is 14.6 Å². The summed E-state index contributed by atoms with van der Waals surface area (Å²) in [6, 6.07) is 15.5. The molecule has 0 saturated heterocycles. The van der Waals surface area contributed by atoms with Crippen LogP contribution in [0, 0.1) is 0 Å². The Morgan fingerprint density at radius 3 is 2.62 bits per heavy atom. The van der Waals surface area contributed by atoms with Gasteiger partial charge >= 0.3 is 0 Å². The van der Waals surface area contributed by atoms with Crippen LogP contribution in [0.3, 0.4) is 0 Å². The second-order valence-electron chi connectivity index (χ2n) is 5.85. The summed E-state index contributed by atoms with van der Waals surface area (Å²) in [7, 11) is 3.60. The van der Waals surface area contributed by atoms with Gasteiger partial charge in [0.25, 0.3) is 0 Å². The van der Waals surface area contributed by atoms with Gasteiger partial charge in [0.05, 0.1) is 26.4 Å². The molecule has 0 aliphatic rings. The highest BCUT2D eigenvalue weighted by molar-refractivity contribution is 6.30. The van der Waals surface area contributed by atoms with Crippen LogP contribution in [0.25, 0.3) is 0 Å². The number of likely N-dealkylation sites (N-methyl/N-ethyl adjacent to an activating group) is 1. The summed E-state index contributed by atoms with van der Waals surface area (Å²) in [5, 5.41) is 10.8. The van der Waals surface area contributed by atoms with Gasteiger partial charge in [0.2, 0.25) is 0 Å². The molecule has 0 heterocycles. The van der Waals surface area contributed by atoms with Crippen LogP contribution >= 0.6 is 11.6 Å². The predicted molar refractivity (Wildman–Crippen MR) is 96.4 cm³/mol. The Kier molecular flexibility index (Phi) is 7.53. The van der Waals surface area contributed by atoms with E-state index in [1.165, 1.54) is 0 Å². The van der Waals surface area contributed by atoms with Crippen molar-refractivity contribution in [2.75, 3.05) is 27.3 Å². The average molecular weight is 350 g/mol. The summed E-state index contributed by atoms with van der Waals surface area (Å²) in [5.74, 6) is 0.804. The maximum atomic E-state index is 10.1. The summed E-state index contributed by atoms with van der Waals surface area (Å²) in [5.41, 5.74) is 2.14. The highest BCUT2D eigenvalue weighted by atomic mass is 35.5. The lowest BCUT2D eigenvalue weighted by atomic mass is 10.2. The monoisotopic (exact) mass is 349 g/mol. The molecule has 1 unspecified atom stereocenters. The second kappa shape index (κ2) is 9.64. The highest BCUT2D eigenvalue weighted by Crippen LogP contribution is 2.14. The van der Waals surface area contributed by atoms with Gasteiger partial charge in [-0.15, -0.1) is 0 Å². The van der Waals surface area contributed by atoms with E-state index in [0.29, 0.717) is 13.2 Å². The van der Waals surface area contributed by atoms with Crippen molar-refractivity contribution in [2.45, 2.75) is 19.3 Å². The summed E-state index contributed by atoms with van der Waals surface area (Å²) < 4.78 is 10.8. The van der Waals surface area contributed by atoms with E-state index in [2.05, 4.69) is 0 Å². The van der Waals surface area contributed by atoms with Crippen LogP contribution in [0.4, 0.5) is 0 Å². The molecule has 0 fully saturated rings. The molecule has 0 aromatic heterocycles. The van der Waals surface area contributed by atoms with Crippen LogP contribution in [-0.4, -0.2) is 43.4 Å². The van der Waals surface area contributed by atoms with E-state index >= 15 is 0 Å². The van der Waals surface area contributed by atoms with E-state index in [9.17, 15) is 5.11 Å². The first-order valence-electron chi connectivity index (χ1n) is 7.88. The largest absolute Gasteiger partial charge is 0.497 e. The van der Waals surface area contributed by atoms with Crippen LogP contribution in [-0.2, 0) is 17.9 Å². The molecule has 4 nitrogen and oxygen atoms in total. The molecule has 2 aromatic rings. The Morgan fingerprint density at radius 1 is 1.12 bits per heavy atom. The number of halogens is 1. The molecule has 1 N–H and O–H groups in total. The van der Waals surface area contributed by atoms with Crippen LogP contribution in [0.1, 0.15) is 11.1 Å². The zero-order valence-electron chi connectivity index (χ0n) is 14.1. The number of methoxy groups -OCH3 is 1. The normalized spacial score (nSPS) is 12.4. The van der Waals surface area contributed by atoms with Crippen molar-refractivity contribution in [3.8, 4) is 5.75 Å². The van der Waals surface area contributed by atoms with E-state index in [4.69, 9.17) is 21.1 Å². The van der Waals surface area contributed by atoms with Gasteiger partial charge in [-0.1, -0.05) is 35.9 Å². The van der Waals surface area contributed by atoms with Crippen molar-refractivity contribution in [1.29, 1.82) is 0 Å². The van der Waals surface area contributed by atoms with Crippen molar-refractivity contribution >= 4 is 11.6 Å². The molecule has 0 amide bonds. The lowest BCUT2D eigenvalue weighted by Crippen LogP contribution is -2.31. The van der Waals surface area contributed by atoms with E-state index in [-0.39, 0.29) is 6.61 Å². The smallest absolute Gasteiger partial charge is 0.119 e. The van der Waals surface area contributed by atoms with E-state index < -0.39 is 6.10 Å². The molecule has 1 atom stereocenters. The topological polar surface area (TPSA) is 41.9 Å². The molecular weight excluding hydrogens is 326 g/mol. The van der Waals surface area contributed by atoms with Gasteiger partial charge in [0.15, 0.2) is 0 Å². The number of rotatable bonds is 9. The minimum atomic E-state index is -0.542. The second-order valence-corrected chi connectivity index (χ2v) is 6.28. The Balaban J connectivity index is 1.71. The number of aliphatic hydroxyl groups is 1. The first-order chi connectivity index (χ1) is 11.6. The first kappa shape index (κ1) is 18.7. The quantitative estimate of drug-likeness (QED) is 0.753. The fourth-order valence-corrected chi connectivity index (χ4v) is 2.71. The van der Waals surface area contributed by atoms with Crippen molar-refractivity contribution in [1.82, 2.24) is 4.90 Å². The van der Waals surface area contributed by atoms with Crippen LogP contribution in [0.2, 0.25) is 5.02 Å². The summed E-state index contributed by atoms with van der Waals surface area (Å²) in [4.78, 5) is 2.05. The van der Waals surface area contributed by atoms with Gasteiger partial charge in [-0.25, -0.2) is 0 Å². The third-order valence-electron chi connectivity index (χ3n) is 3.58. The van der Waals surface area contributed by atoms with Crippen LogP contribution in [0.5, 0.6) is 5.75 Å². The van der Waals surface area contributed by atoms with Crippen molar-refractivity contribution in [2.24, 2.45) is 0 Å². The SMILES string of the molecule is COc1cccc(COCC(O)CN(C)Cc2cccc(Cl)c2)c1. The summed E-state index contributed by atoms with van der Waals surface area (Å²) in [6.07, 6.45) is -0.542. The van der Waals surface area contributed by atoms with Gasteiger partial charge in [-0.3, -0.25) is 4.90 Å². The third-order valence-corrected chi connectivity index (χ3v) is 3.81. The zero-order chi connectivity index (χ0) is 17.4. The van der Waals surface area contributed by atoms with Gasteiger partial charge in [-0.05, 0) is 42.4 Å². The summed E-state index contributed by atoms with van der Waals surface area (Å²) >= 11 is 5.99. The molecular formula is C19H24ClNO3. The molecule has 0 saturated carbocycles. The van der Waals surface area contributed by atoms with E-state index in [0.717, 1.165) is 28.4 Å². The number of aliphatic hydroxyl groups excluding tert-OH is 1. The van der Waals surface area contributed by atoms with Crippen molar-refractivity contribution in [3.63, 3.8) is 0 Å². The number of hydrogen-bond donors (Lipinski definition) is 1. The minimum absolute atomic E-state index is 0.289. The molecule has 24 heavy (non-hydrogen) atoms. The lowest BCUT2D eigenvalue weighted by Gasteiger charge is -2.20. The Labute approximate surface area is 148 Å². The van der Waals surface area contributed by atoms with Crippen molar-refractivity contribution < 1.29 is 14.6 Å². The number of nitrogens with zero attached hydrogens (tertiary/aromatic N) is 1. The summed E-state index contributed by atoms with van der Waals surface area (Å²) in [6.45, 7) is 2.00.